The average Bonchev–Trinajstić information content (AvgIpc) is 2.75. The van der Waals surface area contributed by atoms with Crippen LogP contribution in [0, 0.1) is 17.3 Å². The number of nitrogens with two attached hydrogens (primary N) is 1. The standard InChI is InChI=1S/C18H35N/c1-2-3-8-16-11-13-18(15-19,14-12-16)17-9-6-4-5-7-10-17/h16-17H,2-15,19H2,1H3. The van der Waals surface area contributed by atoms with Crippen LogP contribution in [0.15, 0.2) is 0 Å². The molecule has 1 heteroatoms. The van der Waals surface area contributed by atoms with E-state index in [9.17, 15) is 0 Å². The lowest BCUT2D eigenvalue weighted by Gasteiger charge is -2.45. The Bertz CT molecular complexity index is 232. The molecule has 0 amide bonds. The molecule has 0 aromatic rings. The zero-order valence-electron chi connectivity index (χ0n) is 13.1. The highest BCUT2D eigenvalue weighted by Crippen LogP contribution is 2.49. The molecule has 0 aromatic carbocycles. The topological polar surface area (TPSA) is 26.0 Å². The summed E-state index contributed by atoms with van der Waals surface area (Å²) >= 11 is 0. The predicted octanol–water partition coefficient (Wildman–Crippen LogP) is 5.28. The van der Waals surface area contributed by atoms with E-state index in [2.05, 4.69) is 6.92 Å². The minimum atomic E-state index is 0.535. The van der Waals surface area contributed by atoms with Crippen LogP contribution in [0.1, 0.15) is 90.4 Å². The summed E-state index contributed by atoms with van der Waals surface area (Å²) in [6.07, 6.45) is 18.9. The van der Waals surface area contributed by atoms with Gasteiger partial charge in [0.1, 0.15) is 0 Å². The van der Waals surface area contributed by atoms with Crippen molar-refractivity contribution in [2.45, 2.75) is 90.4 Å². The van der Waals surface area contributed by atoms with E-state index < -0.39 is 0 Å². The summed E-state index contributed by atoms with van der Waals surface area (Å²) in [4.78, 5) is 0. The van der Waals surface area contributed by atoms with Crippen molar-refractivity contribution in [2.75, 3.05) is 6.54 Å². The molecule has 2 N–H and O–H groups in total. The van der Waals surface area contributed by atoms with Gasteiger partial charge in [-0.2, -0.15) is 0 Å². The third-order valence-electron chi connectivity index (χ3n) is 6.19. The van der Waals surface area contributed by atoms with E-state index in [4.69, 9.17) is 5.73 Å². The van der Waals surface area contributed by atoms with Crippen LogP contribution in [0.2, 0.25) is 0 Å². The van der Waals surface area contributed by atoms with Crippen molar-refractivity contribution in [3.63, 3.8) is 0 Å². The Morgan fingerprint density at radius 3 is 2.11 bits per heavy atom. The maximum absolute atomic E-state index is 6.27. The first-order chi connectivity index (χ1) is 9.30. The molecule has 0 radical (unpaired) electrons. The molecule has 2 fully saturated rings. The van der Waals surface area contributed by atoms with Crippen molar-refractivity contribution in [1.29, 1.82) is 0 Å². The third-order valence-corrected chi connectivity index (χ3v) is 6.19. The minimum Gasteiger partial charge on any atom is -0.330 e. The van der Waals surface area contributed by atoms with Crippen LogP contribution in [-0.2, 0) is 0 Å². The van der Waals surface area contributed by atoms with E-state index in [-0.39, 0.29) is 0 Å². The summed E-state index contributed by atoms with van der Waals surface area (Å²) in [6.45, 7) is 3.27. The van der Waals surface area contributed by atoms with E-state index in [0.717, 1.165) is 18.4 Å². The molecule has 0 aromatic heterocycles. The van der Waals surface area contributed by atoms with E-state index >= 15 is 0 Å². The highest BCUT2D eigenvalue weighted by atomic mass is 14.6. The Hall–Kier alpha value is -0.0400. The molecule has 1 nitrogen and oxygen atoms in total. The summed E-state index contributed by atoms with van der Waals surface area (Å²) in [5, 5.41) is 0. The van der Waals surface area contributed by atoms with E-state index in [1.165, 1.54) is 83.5 Å². The molecule has 19 heavy (non-hydrogen) atoms. The molecule has 0 atom stereocenters. The summed E-state index contributed by atoms with van der Waals surface area (Å²) in [7, 11) is 0. The van der Waals surface area contributed by atoms with Gasteiger partial charge in [-0.05, 0) is 62.3 Å². The maximum Gasteiger partial charge on any atom is -0.00179 e. The van der Waals surface area contributed by atoms with Crippen LogP contribution in [0.5, 0.6) is 0 Å². The number of hydrogen-bond donors (Lipinski definition) is 1. The molecular weight excluding hydrogens is 230 g/mol. The second kappa shape index (κ2) is 7.67. The van der Waals surface area contributed by atoms with Gasteiger partial charge in [0.15, 0.2) is 0 Å². The first kappa shape index (κ1) is 15.4. The molecule has 0 heterocycles. The van der Waals surface area contributed by atoms with Gasteiger partial charge in [-0.3, -0.25) is 0 Å². The molecule has 112 valence electrons. The zero-order valence-corrected chi connectivity index (χ0v) is 13.1. The van der Waals surface area contributed by atoms with Gasteiger partial charge in [0.2, 0.25) is 0 Å². The molecule has 0 bridgehead atoms. The van der Waals surface area contributed by atoms with Crippen LogP contribution >= 0.6 is 0 Å². The summed E-state index contributed by atoms with van der Waals surface area (Å²) in [6, 6.07) is 0. The van der Waals surface area contributed by atoms with Crippen LogP contribution in [0.3, 0.4) is 0 Å². The van der Waals surface area contributed by atoms with Crippen molar-refractivity contribution in [2.24, 2.45) is 23.0 Å². The van der Waals surface area contributed by atoms with Crippen LogP contribution in [0.25, 0.3) is 0 Å². The normalized spacial score (nSPS) is 34.1. The van der Waals surface area contributed by atoms with Gasteiger partial charge in [-0.15, -0.1) is 0 Å². The highest BCUT2D eigenvalue weighted by Gasteiger charge is 2.40. The zero-order chi connectivity index (χ0) is 13.6. The fourth-order valence-corrected chi connectivity index (χ4v) is 4.70. The second-order valence-electron chi connectivity index (χ2n) is 7.34. The van der Waals surface area contributed by atoms with Crippen molar-refractivity contribution < 1.29 is 0 Å². The van der Waals surface area contributed by atoms with Gasteiger partial charge >= 0.3 is 0 Å². The van der Waals surface area contributed by atoms with Gasteiger partial charge in [0, 0.05) is 0 Å². The smallest absolute Gasteiger partial charge is 0.00179 e. The molecule has 0 unspecified atom stereocenters. The molecule has 0 aliphatic heterocycles. The average molecular weight is 265 g/mol. The quantitative estimate of drug-likeness (QED) is 0.672. The Labute approximate surface area is 120 Å². The van der Waals surface area contributed by atoms with Gasteiger partial charge in [0.05, 0.1) is 0 Å². The number of unbranched alkanes of at least 4 members (excludes halogenated alkanes) is 1. The van der Waals surface area contributed by atoms with Crippen molar-refractivity contribution in [1.82, 2.24) is 0 Å². The molecule has 2 rings (SSSR count). The Morgan fingerprint density at radius 2 is 1.58 bits per heavy atom. The van der Waals surface area contributed by atoms with Crippen molar-refractivity contribution in [3.8, 4) is 0 Å². The third kappa shape index (κ3) is 3.97. The highest BCUT2D eigenvalue weighted by molar-refractivity contribution is 4.92. The molecular formula is C18H35N. The largest absolute Gasteiger partial charge is 0.330 e. The number of rotatable bonds is 5. The van der Waals surface area contributed by atoms with Crippen LogP contribution < -0.4 is 5.73 Å². The van der Waals surface area contributed by atoms with Crippen LogP contribution in [-0.4, -0.2) is 6.54 Å². The molecule has 2 saturated carbocycles. The predicted molar refractivity (Wildman–Crippen MR) is 84.2 cm³/mol. The molecule has 0 saturated heterocycles. The second-order valence-corrected chi connectivity index (χ2v) is 7.34. The summed E-state index contributed by atoms with van der Waals surface area (Å²) in [5.74, 6) is 1.97. The Balaban J connectivity index is 1.89. The van der Waals surface area contributed by atoms with Gasteiger partial charge in [0.25, 0.3) is 0 Å². The van der Waals surface area contributed by atoms with E-state index in [1.807, 2.05) is 0 Å². The van der Waals surface area contributed by atoms with E-state index in [0.29, 0.717) is 5.41 Å². The number of hydrogen-bond acceptors (Lipinski definition) is 1. The van der Waals surface area contributed by atoms with Crippen LogP contribution in [0.4, 0.5) is 0 Å². The molecule has 0 spiro atoms. The summed E-state index contributed by atoms with van der Waals surface area (Å²) in [5.41, 5.74) is 6.80. The lowest BCUT2D eigenvalue weighted by Crippen LogP contribution is -2.41. The SMILES string of the molecule is CCCCC1CCC(CN)(C2CCCCCC2)CC1. The monoisotopic (exact) mass is 265 g/mol. The Morgan fingerprint density at radius 1 is 0.947 bits per heavy atom. The molecule has 2 aliphatic carbocycles. The van der Waals surface area contributed by atoms with Crippen molar-refractivity contribution >= 4 is 0 Å². The first-order valence-electron chi connectivity index (χ1n) is 9.01. The van der Waals surface area contributed by atoms with Gasteiger partial charge in [-0.1, -0.05) is 51.9 Å². The Kier molecular flexibility index (Phi) is 6.19. The lowest BCUT2D eigenvalue weighted by molar-refractivity contribution is 0.0680. The fraction of sp³-hybridized carbons (Fsp3) is 1.00. The van der Waals surface area contributed by atoms with Gasteiger partial charge in [-0.25, -0.2) is 0 Å². The van der Waals surface area contributed by atoms with Gasteiger partial charge < -0.3 is 5.73 Å². The lowest BCUT2D eigenvalue weighted by atomic mass is 9.61. The first-order valence-corrected chi connectivity index (χ1v) is 9.01. The maximum atomic E-state index is 6.27. The summed E-state index contributed by atoms with van der Waals surface area (Å²) < 4.78 is 0. The van der Waals surface area contributed by atoms with E-state index in [1.54, 1.807) is 0 Å². The minimum absolute atomic E-state index is 0.535. The molecule has 2 aliphatic rings. The van der Waals surface area contributed by atoms with Crippen molar-refractivity contribution in [3.05, 3.63) is 0 Å². The fourth-order valence-electron chi connectivity index (χ4n) is 4.70.